The maximum Gasteiger partial charge on any atom is 0.267 e. The number of ether oxygens (including phenoxy) is 1. The van der Waals surface area contributed by atoms with E-state index in [4.69, 9.17) is 21.9 Å². The molecule has 2 aliphatic heterocycles. The Morgan fingerprint density at radius 3 is 2.65 bits per heavy atom. The Bertz CT molecular complexity index is 1350. The molecule has 2 fully saturated rings. The van der Waals surface area contributed by atoms with E-state index in [1.54, 1.807) is 21.6 Å². The Morgan fingerprint density at radius 2 is 1.88 bits per heavy atom. The zero-order valence-electron chi connectivity index (χ0n) is 18.8. The molecule has 174 valence electrons. The molecule has 2 aromatic heterocycles. The van der Waals surface area contributed by atoms with Crippen molar-refractivity contribution in [3.05, 3.63) is 80.6 Å². The van der Waals surface area contributed by atoms with Crippen molar-refractivity contribution in [2.75, 3.05) is 37.7 Å². The molecule has 1 amide bonds. The van der Waals surface area contributed by atoms with Crippen LogP contribution in [-0.4, -0.2) is 57.4 Å². The standard InChI is InChI=1S/C25H24N4O3S2/c1-17-6-5-10-28-21(17)26-22(27-12-14-32-15-13-27)19(23(28)30)16-20-24(31)29(25(33)34-20)11-9-18-7-3-2-4-8-18/h2-8,10,16H,9,11-15H2,1H3. The Morgan fingerprint density at radius 1 is 1.12 bits per heavy atom. The van der Waals surface area contributed by atoms with Gasteiger partial charge in [0.15, 0.2) is 0 Å². The number of hydrogen-bond acceptors (Lipinski definition) is 7. The van der Waals surface area contributed by atoms with Crippen molar-refractivity contribution in [2.24, 2.45) is 0 Å². The predicted molar refractivity (Wildman–Crippen MR) is 139 cm³/mol. The number of rotatable bonds is 5. The molecule has 2 aliphatic rings. The van der Waals surface area contributed by atoms with Crippen LogP contribution in [-0.2, 0) is 16.0 Å². The number of carbonyl (C=O) groups is 1. The van der Waals surface area contributed by atoms with Crippen molar-refractivity contribution >= 4 is 51.7 Å². The van der Waals surface area contributed by atoms with E-state index in [9.17, 15) is 9.59 Å². The van der Waals surface area contributed by atoms with Crippen LogP contribution in [0.5, 0.6) is 0 Å². The molecule has 0 saturated carbocycles. The summed E-state index contributed by atoms with van der Waals surface area (Å²) in [6.07, 6.45) is 4.08. The van der Waals surface area contributed by atoms with Crippen LogP contribution >= 0.6 is 24.0 Å². The van der Waals surface area contributed by atoms with Crippen LogP contribution in [0.4, 0.5) is 5.82 Å². The molecule has 7 nitrogen and oxygen atoms in total. The van der Waals surface area contributed by atoms with Crippen LogP contribution in [0, 0.1) is 6.92 Å². The highest BCUT2D eigenvalue weighted by Gasteiger charge is 2.33. The van der Waals surface area contributed by atoms with E-state index in [0.29, 0.717) is 65.5 Å². The van der Waals surface area contributed by atoms with Crippen LogP contribution in [0.3, 0.4) is 0 Å². The van der Waals surface area contributed by atoms with Gasteiger partial charge in [-0.3, -0.25) is 18.9 Å². The van der Waals surface area contributed by atoms with Gasteiger partial charge in [0.05, 0.1) is 23.7 Å². The smallest absolute Gasteiger partial charge is 0.267 e. The zero-order valence-corrected chi connectivity index (χ0v) is 20.4. The molecule has 0 radical (unpaired) electrons. The predicted octanol–water partition coefficient (Wildman–Crippen LogP) is 3.28. The van der Waals surface area contributed by atoms with Gasteiger partial charge in [-0.15, -0.1) is 0 Å². The number of carbonyl (C=O) groups excluding carboxylic acids is 1. The summed E-state index contributed by atoms with van der Waals surface area (Å²) in [5.41, 5.74) is 2.86. The van der Waals surface area contributed by atoms with E-state index in [0.717, 1.165) is 11.1 Å². The van der Waals surface area contributed by atoms with Crippen molar-refractivity contribution in [1.29, 1.82) is 0 Å². The number of aryl methyl sites for hydroxylation is 1. The molecule has 1 aromatic carbocycles. The molecule has 34 heavy (non-hydrogen) atoms. The van der Waals surface area contributed by atoms with Gasteiger partial charge in [-0.2, -0.15) is 0 Å². The maximum atomic E-state index is 13.6. The summed E-state index contributed by atoms with van der Waals surface area (Å²) in [4.78, 5) is 35.8. The first-order chi connectivity index (χ1) is 16.5. The Labute approximate surface area is 207 Å². The number of benzene rings is 1. The van der Waals surface area contributed by atoms with Crippen LogP contribution in [0.15, 0.2) is 58.4 Å². The molecule has 0 aliphatic carbocycles. The number of thiocarbonyl (C=S) groups is 1. The molecule has 3 aromatic rings. The maximum absolute atomic E-state index is 13.6. The lowest BCUT2D eigenvalue weighted by Crippen LogP contribution is -2.38. The lowest BCUT2D eigenvalue weighted by Gasteiger charge is -2.29. The monoisotopic (exact) mass is 492 g/mol. The van der Waals surface area contributed by atoms with E-state index in [2.05, 4.69) is 4.90 Å². The number of fused-ring (bicyclic) bond motifs is 1. The molecule has 9 heteroatoms. The van der Waals surface area contributed by atoms with Crippen LogP contribution < -0.4 is 10.5 Å². The fourth-order valence-corrected chi connectivity index (χ4v) is 5.44. The molecular formula is C25H24N4O3S2. The van der Waals surface area contributed by atoms with E-state index < -0.39 is 0 Å². The molecule has 0 N–H and O–H groups in total. The van der Waals surface area contributed by atoms with Crippen molar-refractivity contribution < 1.29 is 9.53 Å². The molecule has 0 unspecified atom stereocenters. The van der Waals surface area contributed by atoms with Crippen molar-refractivity contribution in [1.82, 2.24) is 14.3 Å². The average Bonchev–Trinajstić information content (AvgIpc) is 3.13. The zero-order chi connectivity index (χ0) is 23.7. The third kappa shape index (κ3) is 4.38. The fraction of sp³-hybridized carbons (Fsp3) is 0.280. The number of anilines is 1. The van der Waals surface area contributed by atoms with Gasteiger partial charge >= 0.3 is 0 Å². The number of pyridine rings is 1. The van der Waals surface area contributed by atoms with Crippen molar-refractivity contribution in [2.45, 2.75) is 13.3 Å². The largest absolute Gasteiger partial charge is 0.378 e. The third-order valence-electron chi connectivity index (χ3n) is 5.99. The Hall–Kier alpha value is -3.01. The Balaban J connectivity index is 1.52. The topological polar surface area (TPSA) is 67.2 Å². The highest BCUT2D eigenvalue weighted by molar-refractivity contribution is 8.26. The lowest BCUT2D eigenvalue weighted by atomic mass is 10.1. The number of thioether (sulfide) groups is 1. The van der Waals surface area contributed by atoms with Gasteiger partial charge in [0.2, 0.25) is 0 Å². The molecular weight excluding hydrogens is 468 g/mol. The first-order valence-corrected chi connectivity index (χ1v) is 12.4. The van der Waals surface area contributed by atoms with Gasteiger partial charge < -0.3 is 9.64 Å². The molecule has 0 atom stereocenters. The second-order valence-corrected chi connectivity index (χ2v) is 9.88. The van der Waals surface area contributed by atoms with Gasteiger partial charge in [-0.1, -0.05) is 60.4 Å². The molecule has 5 rings (SSSR count). The average molecular weight is 493 g/mol. The molecule has 0 spiro atoms. The van der Waals surface area contributed by atoms with E-state index in [1.807, 2.05) is 49.4 Å². The van der Waals surface area contributed by atoms with Crippen LogP contribution in [0.1, 0.15) is 16.7 Å². The normalized spacial score (nSPS) is 17.9. The number of aromatic nitrogens is 2. The van der Waals surface area contributed by atoms with Crippen molar-refractivity contribution in [3.8, 4) is 0 Å². The third-order valence-corrected chi connectivity index (χ3v) is 7.37. The SMILES string of the molecule is Cc1cccn2c(=O)c(C=C3SC(=S)N(CCc4ccccc4)C3=O)c(N3CCOCC3)nc12. The summed E-state index contributed by atoms with van der Waals surface area (Å²) in [6, 6.07) is 13.8. The summed E-state index contributed by atoms with van der Waals surface area (Å²) in [5.74, 6) is 0.407. The van der Waals surface area contributed by atoms with Crippen molar-refractivity contribution in [3.63, 3.8) is 0 Å². The summed E-state index contributed by atoms with van der Waals surface area (Å²) < 4.78 is 7.54. The van der Waals surface area contributed by atoms with Crippen LogP contribution in [0.2, 0.25) is 0 Å². The molecule has 2 saturated heterocycles. The fourth-order valence-electron chi connectivity index (χ4n) is 4.15. The van der Waals surface area contributed by atoms with Gasteiger partial charge in [-0.05, 0) is 36.6 Å². The van der Waals surface area contributed by atoms with Gasteiger partial charge in [0.25, 0.3) is 11.5 Å². The second kappa shape index (κ2) is 9.69. The summed E-state index contributed by atoms with van der Waals surface area (Å²) in [6.45, 7) is 4.82. The second-order valence-electron chi connectivity index (χ2n) is 8.21. The van der Waals surface area contributed by atoms with E-state index in [1.165, 1.54) is 11.8 Å². The molecule has 0 bridgehead atoms. The first-order valence-electron chi connectivity index (χ1n) is 11.2. The number of hydrogen-bond donors (Lipinski definition) is 0. The summed E-state index contributed by atoms with van der Waals surface area (Å²) in [7, 11) is 0. The minimum Gasteiger partial charge on any atom is -0.378 e. The summed E-state index contributed by atoms with van der Waals surface area (Å²) in [5, 5.41) is 0. The highest BCUT2D eigenvalue weighted by Crippen LogP contribution is 2.33. The van der Waals surface area contributed by atoms with E-state index >= 15 is 0 Å². The van der Waals surface area contributed by atoms with Gasteiger partial charge in [0, 0.05) is 25.8 Å². The first kappa shape index (κ1) is 22.8. The molecule has 4 heterocycles. The van der Waals surface area contributed by atoms with Gasteiger partial charge in [-0.25, -0.2) is 4.98 Å². The quantitative estimate of drug-likeness (QED) is 0.400. The number of morpholine rings is 1. The lowest BCUT2D eigenvalue weighted by molar-refractivity contribution is -0.122. The minimum atomic E-state index is -0.204. The Kier molecular flexibility index (Phi) is 6.49. The number of amides is 1. The van der Waals surface area contributed by atoms with E-state index in [-0.39, 0.29) is 11.5 Å². The van der Waals surface area contributed by atoms with Gasteiger partial charge in [0.1, 0.15) is 15.8 Å². The van der Waals surface area contributed by atoms with Crippen LogP contribution in [0.25, 0.3) is 11.7 Å². The highest BCUT2D eigenvalue weighted by atomic mass is 32.2. The summed E-state index contributed by atoms with van der Waals surface area (Å²) >= 11 is 6.75. The number of nitrogens with zero attached hydrogens (tertiary/aromatic N) is 4. The minimum absolute atomic E-state index is 0.174.